The SMILES string of the molecule is CC(C)c1cccc2c1N1[C]N3c4c(C(C)C)cccc4C(C)(C)C[C@H]3[C@@H]1CC2(C)C. The highest BCUT2D eigenvalue weighted by atomic mass is 15.4. The van der Waals surface area contributed by atoms with Crippen LogP contribution in [0.3, 0.4) is 0 Å². The lowest BCUT2D eigenvalue weighted by molar-refractivity contribution is 0.325. The molecule has 2 nitrogen and oxygen atoms in total. The zero-order chi connectivity index (χ0) is 22.3. The molecule has 0 aromatic heterocycles. The Bertz CT molecular complexity index is 932. The predicted octanol–water partition coefficient (Wildman–Crippen LogP) is 7.36. The molecule has 2 heteroatoms. The van der Waals surface area contributed by atoms with Gasteiger partial charge in [0.15, 0.2) is 0 Å². The van der Waals surface area contributed by atoms with Crippen molar-refractivity contribution >= 4 is 11.4 Å². The van der Waals surface area contributed by atoms with Crippen molar-refractivity contribution in [3.63, 3.8) is 0 Å². The van der Waals surface area contributed by atoms with Gasteiger partial charge in [0.05, 0.1) is 12.1 Å². The van der Waals surface area contributed by atoms with Gasteiger partial charge in [0.1, 0.15) is 0 Å². The summed E-state index contributed by atoms with van der Waals surface area (Å²) in [6.45, 7) is 23.0. The fraction of sp³-hybridized carbons (Fsp3) is 0.552. The lowest BCUT2D eigenvalue weighted by Crippen LogP contribution is -2.49. The van der Waals surface area contributed by atoms with Crippen LogP contribution in [0.2, 0.25) is 0 Å². The predicted molar refractivity (Wildman–Crippen MR) is 132 cm³/mol. The molecular formula is C29H38N2. The fourth-order valence-electron chi connectivity index (χ4n) is 6.44. The van der Waals surface area contributed by atoms with E-state index in [2.05, 4.69) is 108 Å². The Labute approximate surface area is 189 Å². The molecule has 3 aliphatic rings. The minimum absolute atomic E-state index is 0.168. The average Bonchev–Trinajstić information content (AvgIpc) is 3.04. The van der Waals surface area contributed by atoms with E-state index < -0.39 is 0 Å². The van der Waals surface area contributed by atoms with E-state index in [-0.39, 0.29) is 10.8 Å². The standard InChI is InChI=1S/C29H38N2/c1-18(2)20-11-9-13-22-26(20)30-17-31-25(24(30)15-28(22,5)6)16-29(7,8)23-14-10-12-21(19(3)4)27(23)31/h9-14,18-19,24-25H,15-16H2,1-8H3/t24-,25-/m0/s1. The molecule has 1 saturated heterocycles. The first-order valence-corrected chi connectivity index (χ1v) is 12.1. The van der Waals surface area contributed by atoms with Crippen LogP contribution in [-0.2, 0) is 10.8 Å². The second kappa shape index (κ2) is 6.77. The van der Waals surface area contributed by atoms with Crippen molar-refractivity contribution in [3.8, 4) is 0 Å². The Morgan fingerprint density at radius 3 is 1.45 bits per heavy atom. The number of anilines is 2. The Balaban J connectivity index is 1.70. The number of fused-ring (bicyclic) bond motifs is 7. The third-order valence-corrected chi connectivity index (χ3v) is 8.08. The molecule has 2 radical (unpaired) electrons. The van der Waals surface area contributed by atoms with Crippen LogP contribution in [0.5, 0.6) is 0 Å². The van der Waals surface area contributed by atoms with Crippen molar-refractivity contribution in [1.82, 2.24) is 0 Å². The van der Waals surface area contributed by atoms with Gasteiger partial charge in [-0.15, -0.1) is 0 Å². The summed E-state index contributed by atoms with van der Waals surface area (Å²) in [5.41, 5.74) is 9.07. The van der Waals surface area contributed by atoms with Crippen LogP contribution in [-0.4, -0.2) is 12.1 Å². The van der Waals surface area contributed by atoms with E-state index >= 15 is 0 Å². The van der Waals surface area contributed by atoms with Crippen LogP contribution in [0, 0.1) is 6.67 Å². The molecule has 1 fully saturated rings. The molecule has 2 atom stereocenters. The van der Waals surface area contributed by atoms with Gasteiger partial charge in [0.25, 0.3) is 0 Å². The Hall–Kier alpha value is -1.96. The molecule has 2 aromatic rings. The molecule has 164 valence electrons. The molecule has 0 unspecified atom stereocenters. The molecule has 0 spiro atoms. The zero-order valence-electron chi connectivity index (χ0n) is 20.6. The first kappa shape index (κ1) is 20.9. The number of hydrogen-bond donors (Lipinski definition) is 0. The van der Waals surface area contributed by atoms with E-state index in [1.165, 1.54) is 46.5 Å². The van der Waals surface area contributed by atoms with Gasteiger partial charge in [-0.1, -0.05) is 91.8 Å². The van der Waals surface area contributed by atoms with Gasteiger partial charge in [0, 0.05) is 11.4 Å². The van der Waals surface area contributed by atoms with Crippen molar-refractivity contribution in [2.45, 2.75) is 103 Å². The summed E-state index contributed by atoms with van der Waals surface area (Å²) in [6.07, 6.45) is 2.34. The van der Waals surface area contributed by atoms with Gasteiger partial charge in [0.2, 0.25) is 6.67 Å². The molecule has 0 bridgehead atoms. The lowest BCUT2D eigenvalue weighted by Gasteiger charge is -2.47. The average molecular weight is 415 g/mol. The van der Waals surface area contributed by atoms with Gasteiger partial charge >= 0.3 is 0 Å². The molecule has 0 N–H and O–H groups in total. The van der Waals surface area contributed by atoms with Gasteiger partial charge in [-0.05, 0) is 57.8 Å². The van der Waals surface area contributed by atoms with Crippen molar-refractivity contribution in [2.75, 3.05) is 9.80 Å². The quantitative estimate of drug-likeness (QED) is 0.506. The molecule has 3 heterocycles. The Kier molecular flexibility index (Phi) is 4.57. The largest absolute Gasteiger partial charge is 0.336 e. The number of hydrogen-bond acceptors (Lipinski definition) is 2. The monoisotopic (exact) mass is 414 g/mol. The summed E-state index contributed by atoms with van der Waals surface area (Å²) in [7, 11) is 0. The smallest absolute Gasteiger partial charge is 0.209 e. The third-order valence-electron chi connectivity index (χ3n) is 8.08. The number of benzene rings is 2. The summed E-state index contributed by atoms with van der Waals surface area (Å²) in [5.74, 6) is 0.998. The first-order chi connectivity index (χ1) is 14.5. The van der Waals surface area contributed by atoms with E-state index in [1.54, 1.807) is 0 Å². The summed E-state index contributed by atoms with van der Waals surface area (Å²) in [6, 6.07) is 14.8. The van der Waals surface area contributed by atoms with Gasteiger partial charge in [-0.25, -0.2) is 0 Å². The molecule has 0 saturated carbocycles. The van der Waals surface area contributed by atoms with E-state index in [4.69, 9.17) is 0 Å². The molecular weight excluding hydrogens is 376 g/mol. The topological polar surface area (TPSA) is 6.48 Å². The Morgan fingerprint density at radius 2 is 1.10 bits per heavy atom. The maximum atomic E-state index is 3.94. The summed E-state index contributed by atoms with van der Waals surface area (Å²) in [4.78, 5) is 5.09. The molecule has 5 rings (SSSR count). The third kappa shape index (κ3) is 2.97. The molecule has 0 aliphatic carbocycles. The molecule has 0 amide bonds. The van der Waals surface area contributed by atoms with Crippen LogP contribution in [0.4, 0.5) is 11.4 Å². The maximum Gasteiger partial charge on any atom is 0.209 e. The zero-order valence-corrected chi connectivity index (χ0v) is 20.6. The Morgan fingerprint density at radius 1 is 0.710 bits per heavy atom. The van der Waals surface area contributed by atoms with Crippen LogP contribution in [0.15, 0.2) is 36.4 Å². The number of para-hydroxylation sites is 2. The van der Waals surface area contributed by atoms with Crippen LogP contribution in [0.1, 0.15) is 102 Å². The minimum atomic E-state index is 0.168. The number of rotatable bonds is 2. The van der Waals surface area contributed by atoms with Crippen LogP contribution in [0.25, 0.3) is 0 Å². The van der Waals surface area contributed by atoms with Crippen molar-refractivity contribution in [1.29, 1.82) is 0 Å². The normalized spacial score (nSPS) is 25.4. The van der Waals surface area contributed by atoms with Crippen molar-refractivity contribution in [3.05, 3.63) is 65.3 Å². The number of nitrogens with zero attached hydrogens (tertiary/aromatic N) is 2. The van der Waals surface area contributed by atoms with Gasteiger partial charge < -0.3 is 9.80 Å². The molecule has 3 aliphatic heterocycles. The molecule has 2 aromatic carbocycles. The first-order valence-electron chi connectivity index (χ1n) is 12.1. The van der Waals surface area contributed by atoms with Gasteiger partial charge in [-0.2, -0.15) is 0 Å². The summed E-state index contributed by atoms with van der Waals surface area (Å²) >= 11 is 0. The van der Waals surface area contributed by atoms with E-state index in [1.807, 2.05) is 0 Å². The second-order valence-corrected chi connectivity index (χ2v) is 11.9. The lowest BCUT2D eigenvalue weighted by atomic mass is 9.68. The van der Waals surface area contributed by atoms with Gasteiger partial charge in [-0.3, -0.25) is 0 Å². The maximum absolute atomic E-state index is 3.94. The highest BCUT2D eigenvalue weighted by Crippen LogP contribution is 2.56. The minimum Gasteiger partial charge on any atom is -0.336 e. The van der Waals surface area contributed by atoms with Crippen LogP contribution < -0.4 is 9.80 Å². The fourth-order valence-corrected chi connectivity index (χ4v) is 6.44. The second-order valence-electron chi connectivity index (χ2n) is 11.9. The van der Waals surface area contributed by atoms with E-state index in [0.29, 0.717) is 23.9 Å². The van der Waals surface area contributed by atoms with Crippen molar-refractivity contribution < 1.29 is 0 Å². The van der Waals surface area contributed by atoms with Crippen LogP contribution >= 0.6 is 0 Å². The summed E-state index contributed by atoms with van der Waals surface area (Å²) in [5, 5.41) is 0. The van der Waals surface area contributed by atoms with Crippen molar-refractivity contribution in [2.24, 2.45) is 0 Å². The van der Waals surface area contributed by atoms with E-state index in [0.717, 1.165) is 0 Å². The molecule has 31 heavy (non-hydrogen) atoms. The highest BCUT2D eigenvalue weighted by Gasteiger charge is 2.53. The summed E-state index contributed by atoms with van der Waals surface area (Å²) < 4.78 is 0. The van der Waals surface area contributed by atoms with E-state index in [9.17, 15) is 0 Å². The highest BCUT2D eigenvalue weighted by molar-refractivity contribution is 5.75.